The molecule has 21 heavy (non-hydrogen) atoms. The van der Waals surface area contributed by atoms with Gasteiger partial charge in [-0.3, -0.25) is 0 Å². The van der Waals surface area contributed by atoms with Gasteiger partial charge < -0.3 is 20.9 Å². The van der Waals surface area contributed by atoms with Crippen molar-refractivity contribution >= 4 is 11.4 Å². The van der Waals surface area contributed by atoms with Gasteiger partial charge in [0.2, 0.25) is 0 Å². The van der Waals surface area contributed by atoms with Crippen LogP contribution >= 0.6 is 0 Å². The number of nitrogens with one attached hydrogen (secondary N) is 1. The number of nitrogens with two attached hydrogens (primary N) is 1. The molecule has 0 aliphatic heterocycles. The van der Waals surface area contributed by atoms with E-state index in [2.05, 4.69) is 10.1 Å². The van der Waals surface area contributed by atoms with Crippen LogP contribution in [0.25, 0.3) is 0 Å². The van der Waals surface area contributed by atoms with Crippen molar-refractivity contribution in [2.45, 2.75) is 44.3 Å². The van der Waals surface area contributed by atoms with E-state index in [0.717, 1.165) is 44.2 Å². The van der Waals surface area contributed by atoms with E-state index in [1.54, 1.807) is 0 Å². The van der Waals surface area contributed by atoms with Gasteiger partial charge in [-0.1, -0.05) is 19.3 Å². The molecule has 1 aromatic rings. The Bertz CT molecular complexity index is 491. The largest absolute Gasteiger partial charge is 0.432 e. The number of hydrogen-bond acceptors (Lipinski definition) is 4. The van der Waals surface area contributed by atoms with Crippen LogP contribution in [0.15, 0.2) is 12.1 Å². The third kappa shape index (κ3) is 3.72. The van der Waals surface area contributed by atoms with Gasteiger partial charge >= 0.3 is 6.61 Å². The van der Waals surface area contributed by atoms with Gasteiger partial charge in [0.05, 0.1) is 23.5 Å². The van der Waals surface area contributed by atoms with E-state index in [0.29, 0.717) is 5.69 Å². The predicted molar refractivity (Wildman–Crippen MR) is 74.0 cm³/mol. The highest BCUT2D eigenvalue weighted by atomic mass is 19.3. The van der Waals surface area contributed by atoms with E-state index in [1.165, 1.54) is 0 Å². The van der Waals surface area contributed by atoms with Crippen LogP contribution < -0.4 is 15.8 Å². The molecule has 1 fully saturated rings. The molecule has 7 heteroatoms. The standard InChI is InChI=1S/C14H19F3N2O2/c15-9-6-10(18)11(7-12(9)21-13(16)17)19-14(8-20)4-2-1-3-5-14/h6-7,13,19-20H,1-5,8,18H2. The average molecular weight is 304 g/mol. The van der Waals surface area contributed by atoms with Gasteiger partial charge in [0, 0.05) is 12.1 Å². The fraction of sp³-hybridized carbons (Fsp3) is 0.571. The summed E-state index contributed by atoms with van der Waals surface area (Å²) in [6, 6.07) is 2.05. The maximum Gasteiger partial charge on any atom is 0.387 e. The number of benzene rings is 1. The highest BCUT2D eigenvalue weighted by Crippen LogP contribution is 2.36. The minimum absolute atomic E-state index is 0.0903. The zero-order valence-electron chi connectivity index (χ0n) is 11.5. The number of nitrogen functional groups attached to an aromatic ring is 1. The molecule has 118 valence electrons. The fourth-order valence-electron chi connectivity index (χ4n) is 2.70. The molecule has 2 rings (SSSR count). The normalized spacial score (nSPS) is 17.8. The molecule has 0 unspecified atom stereocenters. The Kier molecular flexibility index (Phi) is 4.82. The molecule has 0 heterocycles. The summed E-state index contributed by atoms with van der Waals surface area (Å²) in [7, 11) is 0. The van der Waals surface area contributed by atoms with Crippen molar-refractivity contribution in [3.8, 4) is 5.75 Å². The van der Waals surface area contributed by atoms with Crippen LogP contribution in [-0.2, 0) is 0 Å². The fourth-order valence-corrected chi connectivity index (χ4v) is 2.70. The second-order valence-electron chi connectivity index (χ2n) is 5.37. The number of rotatable bonds is 5. The quantitative estimate of drug-likeness (QED) is 0.731. The van der Waals surface area contributed by atoms with Gasteiger partial charge in [-0.2, -0.15) is 8.78 Å². The van der Waals surface area contributed by atoms with E-state index < -0.39 is 23.7 Å². The molecule has 0 bridgehead atoms. The molecule has 1 aromatic carbocycles. The van der Waals surface area contributed by atoms with Crippen molar-refractivity contribution in [2.75, 3.05) is 17.7 Å². The zero-order valence-corrected chi connectivity index (χ0v) is 11.5. The lowest BCUT2D eigenvalue weighted by atomic mass is 9.82. The molecule has 1 aliphatic carbocycles. The molecule has 0 saturated heterocycles. The molecule has 4 nitrogen and oxygen atoms in total. The highest BCUT2D eigenvalue weighted by molar-refractivity contribution is 5.69. The molecule has 0 atom stereocenters. The summed E-state index contributed by atoms with van der Waals surface area (Å²) in [5.74, 6) is -1.51. The third-order valence-electron chi connectivity index (χ3n) is 3.83. The summed E-state index contributed by atoms with van der Waals surface area (Å²) in [5, 5.41) is 12.7. The SMILES string of the molecule is Nc1cc(F)c(OC(F)F)cc1NC1(CO)CCCCC1. The smallest absolute Gasteiger partial charge is 0.387 e. The van der Waals surface area contributed by atoms with Crippen LogP contribution in [0, 0.1) is 5.82 Å². The number of hydrogen-bond donors (Lipinski definition) is 3. The van der Waals surface area contributed by atoms with Crippen LogP contribution in [0.4, 0.5) is 24.5 Å². The summed E-state index contributed by atoms with van der Waals surface area (Å²) in [6.07, 6.45) is 4.48. The maximum atomic E-state index is 13.5. The number of halogens is 3. The third-order valence-corrected chi connectivity index (χ3v) is 3.83. The Morgan fingerprint density at radius 3 is 2.52 bits per heavy atom. The van der Waals surface area contributed by atoms with Gasteiger partial charge in [-0.15, -0.1) is 0 Å². The first kappa shape index (κ1) is 15.8. The molecule has 0 radical (unpaired) electrons. The van der Waals surface area contributed by atoms with Crippen molar-refractivity contribution in [1.29, 1.82) is 0 Å². The van der Waals surface area contributed by atoms with Gasteiger partial charge in [0.1, 0.15) is 0 Å². The molecular weight excluding hydrogens is 285 g/mol. The van der Waals surface area contributed by atoms with Gasteiger partial charge in [0.15, 0.2) is 11.6 Å². The van der Waals surface area contributed by atoms with Crippen LogP contribution in [0.3, 0.4) is 0 Å². The van der Waals surface area contributed by atoms with Gasteiger partial charge in [-0.25, -0.2) is 4.39 Å². The van der Waals surface area contributed by atoms with Gasteiger partial charge in [0.25, 0.3) is 0 Å². The first-order valence-corrected chi connectivity index (χ1v) is 6.89. The summed E-state index contributed by atoms with van der Waals surface area (Å²) < 4.78 is 42.2. The lowest BCUT2D eigenvalue weighted by molar-refractivity contribution is -0.0521. The molecule has 4 N–H and O–H groups in total. The maximum absolute atomic E-state index is 13.5. The van der Waals surface area contributed by atoms with E-state index in [-0.39, 0.29) is 12.3 Å². The number of aliphatic hydroxyl groups is 1. The van der Waals surface area contributed by atoms with E-state index >= 15 is 0 Å². The van der Waals surface area contributed by atoms with Crippen molar-refractivity contribution in [2.24, 2.45) is 0 Å². The first-order valence-electron chi connectivity index (χ1n) is 6.89. The highest BCUT2D eigenvalue weighted by Gasteiger charge is 2.32. The lowest BCUT2D eigenvalue weighted by Crippen LogP contribution is -2.44. The summed E-state index contributed by atoms with van der Waals surface area (Å²) in [4.78, 5) is 0. The van der Waals surface area contributed by atoms with Crippen LogP contribution in [0.5, 0.6) is 5.75 Å². The molecule has 1 saturated carbocycles. The van der Waals surface area contributed by atoms with Crippen molar-refractivity contribution in [1.82, 2.24) is 0 Å². The Labute approximate surface area is 121 Å². The zero-order chi connectivity index (χ0) is 15.5. The number of aliphatic hydroxyl groups excluding tert-OH is 1. The predicted octanol–water partition coefficient (Wildman–Crippen LogP) is 3.12. The van der Waals surface area contributed by atoms with E-state index in [4.69, 9.17) is 5.73 Å². The van der Waals surface area contributed by atoms with E-state index in [9.17, 15) is 18.3 Å². The Morgan fingerprint density at radius 2 is 1.95 bits per heavy atom. The van der Waals surface area contributed by atoms with Crippen molar-refractivity contribution in [3.05, 3.63) is 17.9 Å². The Hall–Kier alpha value is -1.63. The lowest BCUT2D eigenvalue weighted by Gasteiger charge is -2.37. The molecule has 0 spiro atoms. The van der Waals surface area contributed by atoms with Crippen LogP contribution in [-0.4, -0.2) is 23.9 Å². The summed E-state index contributed by atoms with van der Waals surface area (Å²) in [5.41, 5.74) is 5.56. The monoisotopic (exact) mass is 304 g/mol. The number of ether oxygens (including phenoxy) is 1. The summed E-state index contributed by atoms with van der Waals surface area (Å²) >= 11 is 0. The van der Waals surface area contributed by atoms with E-state index in [1.807, 2.05) is 0 Å². The topological polar surface area (TPSA) is 67.5 Å². The summed E-state index contributed by atoms with van der Waals surface area (Å²) in [6.45, 7) is -3.22. The second-order valence-corrected chi connectivity index (χ2v) is 5.37. The first-order chi connectivity index (χ1) is 9.96. The Balaban J connectivity index is 2.25. The minimum Gasteiger partial charge on any atom is -0.432 e. The average Bonchev–Trinajstić information content (AvgIpc) is 2.44. The van der Waals surface area contributed by atoms with Crippen molar-refractivity contribution in [3.63, 3.8) is 0 Å². The second kappa shape index (κ2) is 6.43. The minimum atomic E-state index is -3.11. The van der Waals surface area contributed by atoms with Crippen LogP contribution in [0.2, 0.25) is 0 Å². The molecular formula is C14H19F3N2O2. The molecule has 0 aromatic heterocycles. The van der Waals surface area contributed by atoms with Gasteiger partial charge in [-0.05, 0) is 12.8 Å². The number of anilines is 2. The Morgan fingerprint density at radius 1 is 1.29 bits per heavy atom. The van der Waals surface area contributed by atoms with Crippen LogP contribution in [0.1, 0.15) is 32.1 Å². The molecule has 0 amide bonds. The molecule has 1 aliphatic rings. The number of alkyl halides is 2. The van der Waals surface area contributed by atoms with Crippen molar-refractivity contribution < 1.29 is 23.0 Å².